The highest BCUT2D eigenvalue weighted by atomic mass is 16.5. The Hall–Kier alpha value is -3.81. The van der Waals surface area contributed by atoms with Gasteiger partial charge in [-0.2, -0.15) is 0 Å². The van der Waals surface area contributed by atoms with Crippen molar-refractivity contribution in [1.82, 2.24) is 15.2 Å². The van der Waals surface area contributed by atoms with Crippen LogP contribution in [0.3, 0.4) is 0 Å². The summed E-state index contributed by atoms with van der Waals surface area (Å²) < 4.78 is 7.40. The van der Waals surface area contributed by atoms with Gasteiger partial charge in [-0.1, -0.05) is 30.3 Å². The predicted octanol–water partition coefficient (Wildman–Crippen LogP) is 2.71. The molecule has 1 heterocycles. The number of ether oxygens (including phenoxy) is 1. The second-order valence-electron chi connectivity index (χ2n) is 7.68. The molecule has 3 rings (SSSR count). The van der Waals surface area contributed by atoms with E-state index in [1.807, 2.05) is 49.4 Å². The molecule has 0 aliphatic rings. The summed E-state index contributed by atoms with van der Waals surface area (Å²) in [4.78, 5) is 36.5. The summed E-state index contributed by atoms with van der Waals surface area (Å²) in [5, 5.41) is 14.7. The van der Waals surface area contributed by atoms with Crippen LogP contribution in [-0.2, 0) is 16.1 Å². The molecule has 0 fully saturated rings. The number of nitrogens with one attached hydrogen (secondary N) is 2. The Morgan fingerprint density at radius 1 is 1.03 bits per heavy atom. The first-order valence-corrected chi connectivity index (χ1v) is 10.3. The highest BCUT2D eigenvalue weighted by Gasteiger charge is 2.25. The zero-order valence-electron chi connectivity index (χ0n) is 18.5. The van der Waals surface area contributed by atoms with E-state index in [0.717, 1.165) is 16.8 Å². The standard InChI is InChI=1S/C24H27N3O5/c1-14(22(28)26-15(2)24(30)31)25-23(29)21-16(3)27(13-17-8-6-5-7-9-17)20-11-10-18(32-4)12-19(20)21/h5-12,14-15H,13H2,1-4H3,(H,25,29)(H,26,28)(H,30,31). The topological polar surface area (TPSA) is 110 Å². The maximum Gasteiger partial charge on any atom is 0.325 e. The first-order valence-electron chi connectivity index (χ1n) is 10.3. The molecule has 0 bridgehead atoms. The van der Waals surface area contributed by atoms with Gasteiger partial charge >= 0.3 is 5.97 Å². The molecule has 2 amide bonds. The molecule has 3 N–H and O–H groups in total. The van der Waals surface area contributed by atoms with Crippen LogP contribution >= 0.6 is 0 Å². The van der Waals surface area contributed by atoms with Crippen LogP contribution in [0.2, 0.25) is 0 Å². The number of aliphatic carboxylic acids is 1. The van der Waals surface area contributed by atoms with Gasteiger partial charge in [0.05, 0.1) is 12.7 Å². The van der Waals surface area contributed by atoms with Crippen LogP contribution < -0.4 is 15.4 Å². The largest absolute Gasteiger partial charge is 0.497 e. The third kappa shape index (κ3) is 4.74. The smallest absolute Gasteiger partial charge is 0.325 e. The monoisotopic (exact) mass is 437 g/mol. The van der Waals surface area contributed by atoms with Crippen molar-refractivity contribution in [3.05, 3.63) is 65.4 Å². The van der Waals surface area contributed by atoms with Crippen LogP contribution in [0.15, 0.2) is 48.5 Å². The molecule has 0 aliphatic carbocycles. The normalized spacial score (nSPS) is 12.8. The summed E-state index contributed by atoms with van der Waals surface area (Å²) in [5.74, 6) is -1.53. The van der Waals surface area contributed by atoms with Crippen molar-refractivity contribution in [3.63, 3.8) is 0 Å². The van der Waals surface area contributed by atoms with Crippen LogP contribution in [0.25, 0.3) is 10.9 Å². The van der Waals surface area contributed by atoms with Crippen LogP contribution in [0.1, 0.15) is 35.5 Å². The summed E-state index contributed by atoms with van der Waals surface area (Å²) in [6.07, 6.45) is 0. The maximum atomic E-state index is 13.2. The van der Waals surface area contributed by atoms with Crippen LogP contribution in [-0.4, -0.2) is 46.7 Å². The van der Waals surface area contributed by atoms with E-state index in [9.17, 15) is 14.4 Å². The second kappa shape index (κ2) is 9.55. The summed E-state index contributed by atoms with van der Waals surface area (Å²) in [7, 11) is 1.56. The number of aromatic nitrogens is 1. The van der Waals surface area contributed by atoms with Crippen molar-refractivity contribution < 1.29 is 24.2 Å². The van der Waals surface area contributed by atoms with Gasteiger partial charge < -0.3 is 25.0 Å². The van der Waals surface area contributed by atoms with E-state index in [2.05, 4.69) is 15.2 Å². The molecule has 0 spiro atoms. The number of rotatable bonds is 8. The van der Waals surface area contributed by atoms with Crippen molar-refractivity contribution in [1.29, 1.82) is 0 Å². The third-order valence-corrected chi connectivity index (χ3v) is 5.41. The molecule has 0 saturated heterocycles. The molecular weight excluding hydrogens is 410 g/mol. The Bertz CT molecular complexity index is 1150. The molecule has 2 atom stereocenters. The van der Waals surface area contributed by atoms with E-state index >= 15 is 0 Å². The summed E-state index contributed by atoms with van der Waals surface area (Å²) in [6.45, 7) is 5.32. The third-order valence-electron chi connectivity index (χ3n) is 5.41. The molecule has 2 unspecified atom stereocenters. The number of hydrogen-bond acceptors (Lipinski definition) is 4. The van der Waals surface area contributed by atoms with Crippen LogP contribution in [0.4, 0.5) is 0 Å². The number of carboxylic acid groups (broad SMARTS) is 1. The number of amides is 2. The number of fused-ring (bicyclic) bond motifs is 1. The van der Waals surface area contributed by atoms with E-state index in [1.54, 1.807) is 13.2 Å². The van der Waals surface area contributed by atoms with E-state index in [1.165, 1.54) is 13.8 Å². The van der Waals surface area contributed by atoms with Gasteiger partial charge in [-0.3, -0.25) is 14.4 Å². The van der Waals surface area contributed by atoms with Crippen LogP contribution in [0, 0.1) is 6.92 Å². The van der Waals surface area contributed by atoms with Gasteiger partial charge in [-0.05, 0) is 44.5 Å². The van der Waals surface area contributed by atoms with E-state index in [-0.39, 0.29) is 0 Å². The molecule has 0 saturated carbocycles. The number of nitrogens with zero attached hydrogens (tertiary/aromatic N) is 1. The van der Waals surface area contributed by atoms with Crippen molar-refractivity contribution in [2.24, 2.45) is 0 Å². The number of carbonyl (C=O) groups excluding carboxylic acids is 2. The van der Waals surface area contributed by atoms with Crippen molar-refractivity contribution in [2.75, 3.05) is 7.11 Å². The highest BCUT2D eigenvalue weighted by Crippen LogP contribution is 2.30. The predicted molar refractivity (Wildman–Crippen MR) is 121 cm³/mol. The summed E-state index contributed by atoms with van der Waals surface area (Å²) in [6, 6.07) is 13.5. The fraction of sp³-hybridized carbons (Fsp3) is 0.292. The minimum absolute atomic E-state index is 0.418. The SMILES string of the molecule is COc1ccc2c(c1)c(C(=O)NC(C)C(=O)NC(C)C(=O)O)c(C)n2Cc1ccccc1. The van der Waals surface area contributed by atoms with Crippen molar-refractivity contribution in [2.45, 2.75) is 39.4 Å². The van der Waals surface area contributed by atoms with E-state index in [4.69, 9.17) is 9.84 Å². The lowest BCUT2D eigenvalue weighted by Gasteiger charge is -2.16. The Balaban J connectivity index is 1.95. The quantitative estimate of drug-likeness (QED) is 0.502. The van der Waals surface area contributed by atoms with Gasteiger partial charge in [-0.25, -0.2) is 0 Å². The fourth-order valence-electron chi connectivity index (χ4n) is 3.58. The second-order valence-corrected chi connectivity index (χ2v) is 7.68. The molecule has 2 aromatic carbocycles. The molecule has 8 heteroatoms. The first-order chi connectivity index (χ1) is 15.2. The van der Waals surface area contributed by atoms with Gasteiger partial charge in [0.15, 0.2) is 0 Å². The van der Waals surface area contributed by atoms with Gasteiger partial charge in [0, 0.05) is 23.1 Å². The zero-order valence-corrected chi connectivity index (χ0v) is 18.5. The molecular formula is C24H27N3O5. The van der Waals surface area contributed by atoms with Gasteiger partial charge in [0.25, 0.3) is 5.91 Å². The molecule has 3 aromatic rings. The fourth-order valence-corrected chi connectivity index (χ4v) is 3.58. The molecule has 0 aliphatic heterocycles. The van der Waals surface area contributed by atoms with Crippen molar-refractivity contribution in [3.8, 4) is 5.75 Å². The lowest BCUT2D eigenvalue weighted by molar-refractivity contribution is -0.141. The van der Waals surface area contributed by atoms with Gasteiger partial charge in [0.2, 0.25) is 5.91 Å². The minimum atomic E-state index is -1.15. The highest BCUT2D eigenvalue weighted by molar-refractivity contribution is 6.10. The Morgan fingerprint density at radius 3 is 2.34 bits per heavy atom. The lowest BCUT2D eigenvalue weighted by atomic mass is 10.1. The Labute approximate surface area is 186 Å². The molecule has 1 aromatic heterocycles. The van der Waals surface area contributed by atoms with Gasteiger partial charge in [-0.15, -0.1) is 0 Å². The summed E-state index contributed by atoms with van der Waals surface area (Å²) in [5.41, 5.74) is 3.15. The molecule has 32 heavy (non-hydrogen) atoms. The average Bonchev–Trinajstić information content (AvgIpc) is 3.04. The lowest BCUT2D eigenvalue weighted by Crippen LogP contribution is -2.49. The Kier molecular flexibility index (Phi) is 6.82. The number of benzene rings is 2. The zero-order chi connectivity index (χ0) is 23.4. The van der Waals surface area contributed by atoms with Crippen LogP contribution in [0.5, 0.6) is 5.75 Å². The minimum Gasteiger partial charge on any atom is -0.497 e. The van der Waals surface area contributed by atoms with Gasteiger partial charge in [0.1, 0.15) is 17.8 Å². The number of carbonyl (C=O) groups is 3. The molecule has 168 valence electrons. The molecule has 8 nitrogen and oxygen atoms in total. The number of hydrogen-bond donors (Lipinski definition) is 3. The van der Waals surface area contributed by atoms with E-state index < -0.39 is 29.9 Å². The molecule has 0 radical (unpaired) electrons. The van der Waals surface area contributed by atoms with Crippen molar-refractivity contribution >= 4 is 28.7 Å². The summed E-state index contributed by atoms with van der Waals surface area (Å²) >= 11 is 0. The average molecular weight is 437 g/mol. The Morgan fingerprint density at radius 2 is 1.72 bits per heavy atom. The number of methoxy groups -OCH3 is 1. The van der Waals surface area contributed by atoms with E-state index in [0.29, 0.717) is 23.2 Å². The first kappa shape index (κ1) is 22.9. The maximum absolute atomic E-state index is 13.2. The number of carboxylic acids is 1.